The molecule has 1 aliphatic carbocycles. The highest BCUT2D eigenvalue weighted by atomic mass is 32.2. The van der Waals surface area contributed by atoms with Crippen molar-refractivity contribution in [3.8, 4) is 11.8 Å². The molecule has 3 aromatic heterocycles. The highest BCUT2D eigenvalue weighted by Crippen LogP contribution is 2.52. The predicted molar refractivity (Wildman–Crippen MR) is 136 cm³/mol. The summed E-state index contributed by atoms with van der Waals surface area (Å²) >= 11 is 4.15. The van der Waals surface area contributed by atoms with Crippen LogP contribution in [0.2, 0.25) is 0 Å². The fraction of sp³-hybridized carbons (Fsp3) is 0.208. The van der Waals surface area contributed by atoms with E-state index in [-0.39, 0.29) is 12.4 Å². The van der Waals surface area contributed by atoms with Crippen molar-refractivity contribution in [3.63, 3.8) is 0 Å². The Hall–Kier alpha value is -3.39. The molecule has 10 heteroatoms. The predicted octanol–water partition coefficient (Wildman–Crippen LogP) is 5.57. The van der Waals surface area contributed by atoms with Crippen molar-refractivity contribution in [1.82, 2.24) is 4.37 Å². The maximum Gasteiger partial charge on any atom is 0.412 e. The molecule has 1 saturated carbocycles. The molecule has 1 aromatic carbocycles. The number of nitrogens with two attached hydrogens (primary N) is 1. The molecular formula is C24H19N3O4S3. The van der Waals surface area contributed by atoms with E-state index in [0.717, 1.165) is 41.8 Å². The summed E-state index contributed by atoms with van der Waals surface area (Å²) in [6, 6.07) is 11.6. The lowest BCUT2D eigenvalue weighted by molar-refractivity contribution is -0.139. The topological polar surface area (TPSA) is 115 Å². The van der Waals surface area contributed by atoms with Crippen LogP contribution in [0.1, 0.15) is 38.6 Å². The van der Waals surface area contributed by atoms with Gasteiger partial charge in [-0.2, -0.15) is 4.37 Å². The number of carbonyl (C=O) groups is 2. The van der Waals surface area contributed by atoms with Gasteiger partial charge in [-0.15, -0.1) is 22.7 Å². The minimum Gasteiger partial charge on any atom is -0.481 e. The Morgan fingerprint density at radius 3 is 2.74 bits per heavy atom. The average Bonchev–Trinajstić information content (AvgIpc) is 3.25. The molecule has 34 heavy (non-hydrogen) atoms. The molecule has 7 nitrogen and oxygen atoms in total. The second-order valence-corrected chi connectivity index (χ2v) is 11.1. The number of aryl methyl sites for hydroxylation is 1. The van der Waals surface area contributed by atoms with Crippen LogP contribution >= 0.6 is 34.2 Å². The summed E-state index contributed by atoms with van der Waals surface area (Å²) in [5.74, 6) is 5.58. The summed E-state index contributed by atoms with van der Waals surface area (Å²) in [7, 11) is 0. The zero-order chi connectivity index (χ0) is 23.9. The first-order chi connectivity index (χ1) is 16.4. The Labute approximate surface area is 207 Å². The number of benzene rings is 1. The SMILES string of the molecule is Cc1ccccc1COC(=O)Nc1c(N)nsc1C#Cc1cc2cc(C3(C(=O)O)CC3)sc2s1. The molecule has 0 aliphatic heterocycles. The first-order valence-corrected chi connectivity index (χ1v) is 12.8. The van der Waals surface area contributed by atoms with E-state index in [1.807, 2.05) is 43.3 Å². The molecule has 0 spiro atoms. The number of thiophene rings is 2. The van der Waals surface area contributed by atoms with Crippen molar-refractivity contribution in [1.29, 1.82) is 0 Å². The fourth-order valence-corrected chi connectivity index (χ4v) is 6.67. The van der Waals surface area contributed by atoms with Gasteiger partial charge in [0.25, 0.3) is 0 Å². The summed E-state index contributed by atoms with van der Waals surface area (Å²) in [6.07, 6.45) is 0.757. The van der Waals surface area contributed by atoms with E-state index in [4.69, 9.17) is 10.5 Å². The minimum atomic E-state index is -0.748. The van der Waals surface area contributed by atoms with Crippen LogP contribution in [0.25, 0.3) is 9.40 Å². The number of anilines is 2. The molecule has 1 fully saturated rings. The second-order valence-electron chi connectivity index (χ2n) is 8.00. The Bertz CT molecular complexity index is 1450. The van der Waals surface area contributed by atoms with Gasteiger partial charge in [0.1, 0.15) is 22.6 Å². The van der Waals surface area contributed by atoms with Crippen molar-refractivity contribution in [2.45, 2.75) is 31.8 Å². The van der Waals surface area contributed by atoms with Crippen LogP contribution in [0.15, 0.2) is 36.4 Å². The number of aliphatic carboxylic acids is 1. The molecule has 3 heterocycles. The van der Waals surface area contributed by atoms with Crippen LogP contribution in [-0.2, 0) is 21.6 Å². The van der Waals surface area contributed by atoms with E-state index in [2.05, 4.69) is 21.5 Å². The van der Waals surface area contributed by atoms with Gasteiger partial charge in [0, 0.05) is 10.3 Å². The van der Waals surface area contributed by atoms with E-state index >= 15 is 0 Å². The number of hydrogen-bond donors (Lipinski definition) is 3. The number of aromatic nitrogens is 1. The third kappa shape index (κ3) is 4.25. The van der Waals surface area contributed by atoms with Gasteiger partial charge in [-0.25, -0.2) is 4.79 Å². The number of nitrogens with zero attached hydrogens (tertiary/aromatic N) is 1. The molecule has 1 amide bonds. The Morgan fingerprint density at radius 2 is 2.03 bits per heavy atom. The third-order valence-electron chi connectivity index (χ3n) is 5.71. The molecule has 4 aromatic rings. The van der Waals surface area contributed by atoms with Crippen LogP contribution < -0.4 is 11.1 Å². The molecule has 0 atom stereocenters. The summed E-state index contributed by atoms with van der Waals surface area (Å²) in [6.45, 7) is 2.10. The fourth-order valence-electron chi connectivity index (χ4n) is 3.51. The molecule has 0 unspecified atom stereocenters. The maximum absolute atomic E-state index is 12.3. The van der Waals surface area contributed by atoms with Gasteiger partial charge in [-0.1, -0.05) is 24.3 Å². The number of carboxylic acid groups (broad SMARTS) is 1. The van der Waals surface area contributed by atoms with Gasteiger partial charge < -0.3 is 15.6 Å². The quantitative estimate of drug-likeness (QED) is 0.303. The van der Waals surface area contributed by atoms with E-state index in [1.54, 1.807) is 0 Å². The largest absolute Gasteiger partial charge is 0.481 e. The van der Waals surface area contributed by atoms with Crippen LogP contribution in [-0.4, -0.2) is 21.5 Å². The number of rotatable bonds is 5. The summed E-state index contributed by atoms with van der Waals surface area (Å²) in [4.78, 5) is 26.2. The van der Waals surface area contributed by atoms with Gasteiger partial charge in [0.2, 0.25) is 0 Å². The number of nitrogens with one attached hydrogen (secondary N) is 1. The van der Waals surface area contributed by atoms with E-state index < -0.39 is 17.5 Å². The van der Waals surface area contributed by atoms with Gasteiger partial charge in [-0.3, -0.25) is 10.1 Å². The zero-order valence-electron chi connectivity index (χ0n) is 18.0. The van der Waals surface area contributed by atoms with Crippen molar-refractivity contribution in [2.24, 2.45) is 0 Å². The molecule has 4 N–H and O–H groups in total. The second kappa shape index (κ2) is 8.76. The number of fused-ring (bicyclic) bond motifs is 1. The molecular weight excluding hydrogens is 490 g/mol. The molecule has 1 aliphatic rings. The highest BCUT2D eigenvalue weighted by Gasteiger charge is 2.53. The molecule has 172 valence electrons. The number of ether oxygens (including phenoxy) is 1. The Kier molecular flexibility index (Phi) is 5.77. The standard InChI is InChI=1S/C24H19N3O4S3/c1-13-4-2-3-5-14(13)12-31-23(30)26-19-17(34-27-20(19)25)7-6-16-10-15-11-18(33-21(15)32-16)24(8-9-24)22(28)29/h2-5,10-11H,8-9,12H2,1H3,(H2,25,27)(H,26,30)(H,28,29). The van der Waals surface area contributed by atoms with Crippen molar-refractivity contribution in [3.05, 3.63) is 62.2 Å². The molecule has 0 radical (unpaired) electrons. The molecule has 0 saturated heterocycles. The lowest BCUT2D eigenvalue weighted by atomic mass is 10.1. The number of amides is 1. The van der Waals surface area contributed by atoms with E-state index in [0.29, 0.717) is 23.4 Å². The Balaban J connectivity index is 1.29. The van der Waals surface area contributed by atoms with Crippen molar-refractivity contribution < 1.29 is 19.4 Å². The summed E-state index contributed by atoms with van der Waals surface area (Å²) < 4.78 is 10.5. The first kappa shape index (κ1) is 22.4. The molecule has 0 bridgehead atoms. The number of carbonyl (C=O) groups excluding carboxylic acids is 1. The lowest BCUT2D eigenvalue weighted by Gasteiger charge is -2.08. The van der Waals surface area contributed by atoms with Gasteiger partial charge in [0.05, 0.1) is 8.89 Å². The first-order valence-electron chi connectivity index (χ1n) is 10.4. The summed E-state index contributed by atoms with van der Waals surface area (Å²) in [5, 5.41) is 13.2. The lowest BCUT2D eigenvalue weighted by Crippen LogP contribution is -2.17. The smallest absolute Gasteiger partial charge is 0.412 e. The average molecular weight is 510 g/mol. The minimum absolute atomic E-state index is 0.147. The number of carboxylic acids is 1. The van der Waals surface area contributed by atoms with Gasteiger partial charge in [0.15, 0.2) is 5.82 Å². The normalized spacial score (nSPS) is 13.8. The monoisotopic (exact) mass is 509 g/mol. The summed E-state index contributed by atoms with van der Waals surface area (Å²) in [5.41, 5.74) is 7.55. The van der Waals surface area contributed by atoms with E-state index in [9.17, 15) is 14.7 Å². The zero-order valence-corrected chi connectivity index (χ0v) is 20.5. The van der Waals surface area contributed by atoms with Crippen LogP contribution in [0.4, 0.5) is 16.3 Å². The van der Waals surface area contributed by atoms with Gasteiger partial charge >= 0.3 is 12.1 Å². The highest BCUT2D eigenvalue weighted by molar-refractivity contribution is 7.38. The van der Waals surface area contributed by atoms with Crippen LogP contribution in [0.3, 0.4) is 0 Å². The van der Waals surface area contributed by atoms with Crippen molar-refractivity contribution >= 4 is 67.2 Å². The van der Waals surface area contributed by atoms with Crippen LogP contribution in [0.5, 0.6) is 0 Å². The van der Waals surface area contributed by atoms with Crippen LogP contribution in [0, 0.1) is 18.8 Å². The molecule has 5 rings (SSSR count). The van der Waals surface area contributed by atoms with E-state index in [1.165, 1.54) is 22.7 Å². The number of hydrogen-bond acceptors (Lipinski definition) is 8. The third-order valence-corrected chi connectivity index (χ3v) is 9.00. The van der Waals surface area contributed by atoms with Gasteiger partial charge in [-0.05, 0) is 66.4 Å². The Morgan fingerprint density at radius 1 is 1.24 bits per heavy atom. The number of nitrogen functional groups attached to an aromatic ring is 1. The maximum atomic E-state index is 12.3. The van der Waals surface area contributed by atoms with Crippen molar-refractivity contribution in [2.75, 3.05) is 11.1 Å².